The normalized spacial score (nSPS) is 11.6. The van der Waals surface area contributed by atoms with Crippen molar-refractivity contribution in [2.75, 3.05) is 0 Å². The van der Waals surface area contributed by atoms with Crippen LogP contribution in [0.2, 0.25) is 0 Å². The summed E-state index contributed by atoms with van der Waals surface area (Å²) in [7, 11) is 0. The van der Waals surface area contributed by atoms with Gasteiger partial charge in [0.15, 0.2) is 0 Å². The molecule has 0 aliphatic rings. The largest absolute Gasteiger partial charge is 0.481 e. The maximum Gasteiger partial charge on any atom is 0.326 e. The Bertz CT molecular complexity index is 485. The number of carboxylic acids is 2. The molecule has 1 rings (SSSR count). The Morgan fingerprint density at radius 2 is 1.74 bits per heavy atom. The number of carbonyl (C=O) groups excluding carboxylic acids is 1. The highest BCUT2D eigenvalue weighted by molar-refractivity contribution is 9.10. The highest BCUT2D eigenvalue weighted by Crippen LogP contribution is 2.10. The number of carbonyl (C=O) groups is 3. The van der Waals surface area contributed by atoms with E-state index in [1.54, 1.807) is 24.3 Å². The molecular weight excluding hydrogens is 318 g/mol. The molecule has 1 amide bonds. The first kappa shape index (κ1) is 15.2. The molecule has 1 aromatic rings. The molecule has 0 fully saturated rings. The molecule has 0 radical (unpaired) electrons. The minimum absolute atomic E-state index is 0.00329. The van der Waals surface area contributed by atoms with Crippen molar-refractivity contribution in [2.45, 2.75) is 18.9 Å². The molecule has 1 atom stereocenters. The van der Waals surface area contributed by atoms with Gasteiger partial charge in [-0.3, -0.25) is 9.59 Å². The molecule has 19 heavy (non-hydrogen) atoms. The molecule has 0 aliphatic carbocycles. The second-order valence-electron chi connectivity index (χ2n) is 3.86. The van der Waals surface area contributed by atoms with Crippen LogP contribution in [0.25, 0.3) is 0 Å². The van der Waals surface area contributed by atoms with Gasteiger partial charge in [-0.2, -0.15) is 0 Å². The van der Waals surface area contributed by atoms with E-state index in [0.717, 1.165) is 4.47 Å². The topological polar surface area (TPSA) is 104 Å². The minimum atomic E-state index is -1.42. The fraction of sp³-hybridized carbons (Fsp3) is 0.250. The summed E-state index contributed by atoms with van der Waals surface area (Å²) in [6.07, 6.45) is -0.655. The molecular formula is C12H12BrNO5. The van der Waals surface area contributed by atoms with Crippen molar-refractivity contribution >= 4 is 33.8 Å². The zero-order chi connectivity index (χ0) is 14.4. The maximum absolute atomic E-state index is 11.6. The number of hydrogen-bond acceptors (Lipinski definition) is 3. The van der Waals surface area contributed by atoms with Crippen LogP contribution < -0.4 is 5.32 Å². The van der Waals surface area contributed by atoms with Gasteiger partial charge in [0.25, 0.3) is 0 Å². The number of halogens is 1. The van der Waals surface area contributed by atoms with Gasteiger partial charge in [0.2, 0.25) is 5.91 Å². The van der Waals surface area contributed by atoms with E-state index in [1.165, 1.54) is 0 Å². The third-order valence-electron chi connectivity index (χ3n) is 2.29. The van der Waals surface area contributed by atoms with Crippen molar-refractivity contribution < 1.29 is 24.6 Å². The lowest BCUT2D eigenvalue weighted by Gasteiger charge is -2.12. The lowest BCUT2D eigenvalue weighted by molar-refractivity contribution is -0.147. The third kappa shape index (κ3) is 5.52. The van der Waals surface area contributed by atoms with Crippen molar-refractivity contribution in [3.05, 3.63) is 34.3 Å². The minimum Gasteiger partial charge on any atom is -0.481 e. The zero-order valence-electron chi connectivity index (χ0n) is 9.80. The van der Waals surface area contributed by atoms with Crippen molar-refractivity contribution in [3.8, 4) is 0 Å². The molecule has 7 heteroatoms. The molecule has 0 heterocycles. The standard InChI is InChI=1S/C12H12BrNO5/c13-8-3-1-7(2-4-8)5-10(15)14-9(12(18)19)6-11(16)17/h1-4,9H,5-6H2,(H,14,15)(H,16,17)(H,18,19). The number of amides is 1. The summed E-state index contributed by atoms with van der Waals surface area (Å²) in [5.41, 5.74) is 0.708. The lowest BCUT2D eigenvalue weighted by Crippen LogP contribution is -2.42. The Balaban J connectivity index is 2.59. The third-order valence-corrected chi connectivity index (χ3v) is 2.82. The number of nitrogens with one attached hydrogen (secondary N) is 1. The molecule has 3 N–H and O–H groups in total. The van der Waals surface area contributed by atoms with Crippen molar-refractivity contribution in [1.82, 2.24) is 5.32 Å². The predicted octanol–water partition coefficient (Wildman–Crippen LogP) is 1.04. The highest BCUT2D eigenvalue weighted by Gasteiger charge is 2.22. The van der Waals surface area contributed by atoms with E-state index in [2.05, 4.69) is 21.2 Å². The molecule has 1 unspecified atom stereocenters. The quantitative estimate of drug-likeness (QED) is 0.723. The number of aliphatic carboxylic acids is 2. The summed E-state index contributed by atoms with van der Waals surface area (Å²) in [6, 6.07) is 5.54. The number of rotatable bonds is 6. The van der Waals surface area contributed by atoms with Crippen LogP contribution >= 0.6 is 15.9 Å². The fourth-order valence-electron chi connectivity index (χ4n) is 1.41. The first-order valence-electron chi connectivity index (χ1n) is 5.37. The second kappa shape index (κ2) is 6.89. The Morgan fingerprint density at radius 1 is 1.16 bits per heavy atom. The van der Waals surface area contributed by atoms with Crippen LogP contribution in [0, 0.1) is 0 Å². The SMILES string of the molecule is O=C(O)CC(NC(=O)Cc1ccc(Br)cc1)C(=O)O. The van der Waals surface area contributed by atoms with Gasteiger partial charge in [-0.05, 0) is 17.7 Å². The van der Waals surface area contributed by atoms with Gasteiger partial charge in [-0.25, -0.2) is 4.79 Å². The van der Waals surface area contributed by atoms with Crippen LogP contribution in [-0.2, 0) is 20.8 Å². The van der Waals surface area contributed by atoms with Crippen LogP contribution in [0.4, 0.5) is 0 Å². The smallest absolute Gasteiger partial charge is 0.326 e. The second-order valence-corrected chi connectivity index (χ2v) is 4.78. The van der Waals surface area contributed by atoms with Gasteiger partial charge in [0.05, 0.1) is 12.8 Å². The van der Waals surface area contributed by atoms with E-state index in [9.17, 15) is 14.4 Å². The summed E-state index contributed by atoms with van der Waals surface area (Å²) in [5, 5.41) is 19.5. The Morgan fingerprint density at radius 3 is 2.21 bits per heavy atom. The maximum atomic E-state index is 11.6. The van der Waals surface area contributed by atoms with E-state index in [0.29, 0.717) is 5.56 Å². The average molecular weight is 330 g/mol. The molecule has 0 bridgehead atoms. The van der Waals surface area contributed by atoms with Crippen molar-refractivity contribution in [2.24, 2.45) is 0 Å². The van der Waals surface area contributed by atoms with Crippen LogP contribution in [0.3, 0.4) is 0 Å². The lowest BCUT2D eigenvalue weighted by atomic mass is 10.1. The summed E-state index contributed by atoms with van der Waals surface area (Å²) < 4.78 is 0.867. The van der Waals surface area contributed by atoms with Crippen molar-refractivity contribution in [3.63, 3.8) is 0 Å². The zero-order valence-corrected chi connectivity index (χ0v) is 11.4. The molecule has 6 nitrogen and oxygen atoms in total. The molecule has 0 saturated carbocycles. The Kier molecular flexibility index (Phi) is 5.50. The molecule has 102 valence electrons. The summed E-state index contributed by atoms with van der Waals surface area (Å²) >= 11 is 3.25. The molecule has 0 spiro atoms. The predicted molar refractivity (Wildman–Crippen MR) is 69.7 cm³/mol. The first-order valence-corrected chi connectivity index (χ1v) is 6.16. The highest BCUT2D eigenvalue weighted by atomic mass is 79.9. The average Bonchev–Trinajstić information content (AvgIpc) is 2.30. The number of carboxylic acid groups (broad SMARTS) is 2. The van der Waals surface area contributed by atoms with Gasteiger partial charge in [-0.1, -0.05) is 28.1 Å². The van der Waals surface area contributed by atoms with Crippen LogP contribution in [0.1, 0.15) is 12.0 Å². The van der Waals surface area contributed by atoms with Crippen LogP contribution in [0.5, 0.6) is 0 Å². The van der Waals surface area contributed by atoms with Crippen LogP contribution in [0.15, 0.2) is 28.7 Å². The fourth-order valence-corrected chi connectivity index (χ4v) is 1.67. The summed E-state index contributed by atoms with van der Waals surface area (Å²) in [4.78, 5) is 32.9. The first-order chi connectivity index (χ1) is 8.88. The van der Waals surface area contributed by atoms with Crippen molar-refractivity contribution in [1.29, 1.82) is 0 Å². The van der Waals surface area contributed by atoms with Gasteiger partial charge in [0.1, 0.15) is 6.04 Å². The van der Waals surface area contributed by atoms with Crippen LogP contribution in [-0.4, -0.2) is 34.1 Å². The van der Waals surface area contributed by atoms with Gasteiger partial charge >= 0.3 is 11.9 Å². The van der Waals surface area contributed by atoms with Gasteiger partial charge in [0, 0.05) is 4.47 Å². The molecule has 0 aromatic heterocycles. The van der Waals surface area contributed by atoms with Gasteiger partial charge in [-0.15, -0.1) is 0 Å². The monoisotopic (exact) mass is 329 g/mol. The van der Waals surface area contributed by atoms with E-state index in [1.807, 2.05) is 0 Å². The summed E-state index contributed by atoms with van der Waals surface area (Å²) in [6.45, 7) is 0. The van der Waals surface area contributed by atoms with E-state index in [-0.39, 0.29) is 6.42 Å². The number of benzene rings is 1. The Hall–Kier alpha value is -1.89. The molecule has 0 saturated heterocycles. The van der Waals surface area contributed by atoms with E-state index >= 15 is 0 Å². The van der Waals surface area contributed by atoms with E-state index in [4.69, 9.17) is 10.2 Å². The molecule has 1 aromatic carbocycles. The van der Waals surface area contributed by atoms with E-state index < -0.39 is 30.3 Å². The van der Waals surface area contributed by atoms with Gasteiger partial charge < -0.3 is 15.5 Å². The Labute approximate surface area is 117 Å². The molecule has 0 aliphatic heterocycles. The number of hydrogen-bond donors (Lipinski definition) is 3. The summed E-state index contributed by atoms with van der Waals surface area (Å²) in [5.74, 6) is -3.18.